The molecule has 4 aliphatic heterocycles. The molecule has 4 aliphatic rings. The first-order valence-electron chi connectivity index (χ1n) is 29.2. The highest BCUT2D eigenvalue weighted by Gasteiger charge is 2.50. The molecule has 494 valence electrons. The van der Waals surface area contributed by atoms with Crippen molar-refractivity contribution < 1.29 is 98.0 Å². The van der Waals surface area contributed by atoms with Crippen molar-refractivity contribution in [1.82, 2.24) is 51.0 Å². The Balaban J connectivity index is 0.986. The lowest BCUT2D eigenvalue weighted by Crippen LogP contribution is -2.64. The third-order valence-corrected chi connectivity index (χ3v) is 17.5. The zero-order valence-corrected chi connectivity index (χ0v) is 51.4. The maximum atomic E-state index is 14.7. The molecule has 4 saturated heterocycles. The van der Waals surface area contributed by atoms with Crippen molar-refractivity contribution in [1.29, 1.82) is 0 Å². The predicted molar refractivity (Wildman–Crippen MR) is 323 cm³/mol. The second kappa shape index (κ2) is 29.6. The Morgan fingerprint density at radius 1 is 0.815 bits per heavy atom. The van der Waals surface area contributed by atoms with E-state index in [0.717, 1.165) is 64.3 Å². The molecule has 9 rings (SSSR count). The van der Waals surface area contributed by atoms with Crippen LogP contribution in [0.1, 0.15) is 62.6 Å². The number of amides is 7. The minimum atomic E-state index is -2.49. The number of hydrogen-bond donors (Lipinski definition) is 14. The number of aromatic nitrogens is 3. The lowest BCUT2D eigenvalue weighted by atomic mass is 9.96. The highest BCUT2D eigenvalue weighted by atomic mass is 32.2. The number of phenolic OH excluding ortho intramolecular Hbond substituents is 1. The van der Waals surface area contributed by atoms with Crippen molar-refractivity contribution in [2.24, 2.45) is 5.92 Å². The highest BCUT2D eigenvalue weighted by molar-refractivity contribution is 7.90. The number of rotatable bonds is 15. The second-order valence-electron chi connectivity index (χ2n) is 23.1. The molecule has 4 fully saturated rings. The topological polar surface area (TPSA) is 443 Å². The van der Waals surface area contributed by atoms with Crippen molar-refractivity contribution in [3.05, 3.63) is 95.5 Å². The van der Waals surface area contributed by atoms with E-state index in [1.165, 1.54) is 30.4 Å². The van der Waals surface area contributed by atoms with Crippen LogP contribution in [0.2, 0.25) is 0 Å². The first-order valence-corrected chi connectivity index (χ1v) is 30.6. The fourth-order valence-corrected chi connectivity index (χ4v) is 12.7. The molecule has 14 N–H and O–H groups in total. The van der Waals surface area contributed by atoms with Gasteiger partial charge in [0, 0.05) is 73.9 Å². The number of carbonyl (C=O) groups excluding carboxylic acids is 7. The lowest BCUT2D eigenvalue weighted by Gasteiger charge is -2.36. The van der Waals surface area contributed by atoms with Gasteiger partial charge in [-0.3, -0.25) is 33.6 Å². The molecule has 5 aromatic rings. The quantitative estimate of drug-likeness (QED) is 0.0180. The van der Waals surface area contributed by atoms with Crippen LogP contribution < -0.4 is 35.7 Å². The van der Waals surface area contributed by atoms with E-state index in [-0.39, 0.29) is 35.7 Å². The third-order valence-electron chi connectivity index (χ3n) is 16.2. The number of aliphatic hydroxyl groups is 7. The number of aromatic hydroxyl groups is 1. The Morgan fingerprint density at radius 3 is 2.14 bits per heavy atom. The molecule has 0 bridgehead atoms. The number of morpholine rings is 1. The first-order chi connectivity index (χ1) is 43.8. The molecular weight excluding hydrogens is 1250 g/mol. The smallest absolute Gasteiger partial charge is 0.261 e. The fourth-order valence-electron chi connectivity index (χ4n) is 11.5. The Kier molecular flexibility index (Phi) is 22.0. The summed E-state index contributed by atoms with van der Waals surface area (Å²) in [4.78, 5) is 114. The summed E-state index contributed by atoms with van der Waals surface area (Å²) in [5, 5.41) is 120. The Hall–Kier alpha value is -8.15. The van der Waals surface area contributed by atoms with Crippen LogP contribution in [-0.2, 0) is 42.9 Å². The first kappa shape index (κ1) is 68.2. The molecule has 6 heterocycles. The molecule has 32 nitrogen and oxygen atoms in total. The van der Waals surface area contributed by atoms with Crippen molar-refractivity contribution in [3.63, 3.8) is 0 Å². The highest BCUT2D eigenvalue weighted by Crippen LogP contribution is 2.35. The maximum absolute atomic E-state index is 14.7. The number of nitrogens with one attached hydrogen (secondary N) is 5. The Labute approximate surface area is 533 Å². The second-order valence-corrected chi connectivity index (χ2v) is 24.5. The number of benzene rings is 3. The van der Waals surface area contributed by atoms with Gasteiger partial charge < -0.3 is 95.9 Å². The molecule has 34 heteroatoms. The van der Waals surface area contributed by atoms with Crippen molar-refractivity contribution in [2.45, 2.75) is 132 Å². The van der Waals surface area contributed by atoms with Gasteiger partial charge in [0.1, 0.15) is 53.5 Å². The van der Waals surface area contributed by atoms with E-state index in [9.17, 15) is 74.4 Å². The van der Waals surface area contributed by atoms with Gasteiger partial charge in [-0.1, -0.05) is 45.8 Å². The average molecular weight is 1320 g/mol. The molecule has 92 heavy (non-hydrogen) atoms. The zero-order chi connectivity index (χ0) is 66.4. The molecule has 3 aromatic carbocycles. The summed E-state index contributed by atoms with van der Waals surface area (Å²) in [5.41, 5.74) is 2.74. The van der Waals surface area contributed by atoms with Gasteiger partial charge in [-0.15, -0.1) is 0 Å². The molecule has 0 radical (unpaired) electrons. The largest absolute Gasteiger partial charge is 0.504 e. The maximum Gasteiger partial charge on any atom is 0.261 e. The van der Waals surface area contributed by atoms with Crippen LogP contribution in [-0.4, -0.2) is 236 Å². The van der Waals surface area contributed by atoms with Gasteiger partial charge in [0.15, 0.2) is 17.6 Å². The summed E-state index contributed by atoms with van der Waals surface area (Å²) < 4.78 is 16.7. The van der Waals surface area contributed by atoms with Crippen molar-refractivity contribution in [2.75, 3.05) is 44.2 Å². The Bertz CT molecular complexity index is 3500. The summed E-state index contributed by atoms with van der Waals surface area (Å²) in [6, 6.07) is 5.10. The summed E-state index contributed by atoms with van der Waals surface area (Å²) in [5.74, 6) is -10.4. The number of fused-ring (bicyclic) bond motifs is 3. The monoisotopic (exact) mass is 1320 g/mol. The van der Waals surface area contributed by atoms with Crippen LogP contribution in [0, 0.1) is 12.5 Å². The zero-order valence-electron chi connectivity index (χ0n) is 49.8. The van der Waals surface area contributed by atoms with E-state index in [2.05, 4.69) is 45.7 Å². The number of aliphatic hydroxyl groups excluding tert-OH is 7. The van der Waals surface area contributed by atoms with Gasteiger partial charge in [-0.05, 0) is 74.9 Å². The summed E-state index contributed by atoms with van der Waals surface area (Å²) >= 11 is 1.36. The van der Waals surface area contributed by atoms with Crippen LogP contribution in [0.3, 0.4) is 0 Å². The lowest BCUT2D eigenvalue weighted by molar-refractivity contribution is -0.433. The third kappa shape index (κ3) is 15.5. The van der Waals surface area contributed by atoms with E-state index in [1.807, 2.05) is 38.1 Å². The van der Waals surface area contributed by atoms with Gasteiger partial charge in [0.05, 0.1) is 48.5 Å². The number of nitrogens with zero attached hydrogens (tertiary/aromatic N) is 7. The van der Waals surface area contributed by atoms with Gasteiger partial charge in [-0.25, -0.2) is 21.3 Å². The van der Waals surface area contributed by atoms with Crippen LogP contribution >= 0.6 is 23.7 Å². The van der Waals surface area contributed by atoms with Crippen LogP contribution in [0.5, 0.6) is 11.5 Å². The normalized spacial score (nSPS) is 27.7. The summed E-state index contributed by atoms with van der Waals surface area (Å²) in [7, 11) is 0. The number of carbonyl (C=O) groups is 7. The molecule has 16 atom stereocenters. The van der Waals surface area contributed by atoms with Gasteiger partial charge >= 0.3 is 0 Å². The number of phenols is 1. The summed E-state index contributed by atoms with van der Waals surface area (Å²) in [6.45, 7) is 13.0. The standard InChI is InChI=1S/C58H70N12O20S2/c1-26-21-69-46(47(26)76)54(83)60-19-35(72)17-37(61-50(79)31-8-6-30(7-9-31)38-25-70-58(62-38)91-55(66-70)32-10-13-34(14-11-32)67-22-27(2)87-28(3)23-67)51(80)63-43(29(4)71)56(84)68-24-36(73)18-39(68)52(81)65-45(53(82)64-44(57(69)85)41(75)20-59-5)49(78)48(77)33-12-15-40(74)42(16-33)88-92-90-89-86/h6-16,25-29,35-37,39,41,43-49,71-78,86H,17-24H2,1-4H3,(H,60,83)(H,61,79)(H,63,80)(H,64,82)(H,65,81)/t26-,27-,28+,29+,35+,36+,37+,39+,41-,43+,44+,45+,46+,47+,48+,49+/m1/s1. The molecule has 0 saturated carbocycles. The van der Waals surface area contributed by atoms with Crippen molar-refractivity contribution >= 4 is 75.7 Å². The SMILES string of the molecule is [C-]#[N+]C[C@@H](O)[C@@H]1NC(=O)[C@H]([C@H](O)[C@@H](O)c2ccc(O)c(OSOOO)c2)NC(=O)[C@@H]2C[C@H](O)CN2C(=O)[C@H]([C@H](C)O)NC(=O)[C@@H](NC(=O)c2ccc(-c3cn4nc(-c5ccc(N6C[C@@H](C)O[C@@H](C)C6)cc5)sc4n3)cc2)C[C@H](O)CNC(=O)[C@@H]2[C@@H](O)[C@H](C)CN2C1=O. The molecule has 0 spiro atoms. The number of hydrogen-bond acceptors (Lipinski definition) is 25. The van der Waals surface area contributed by atoms with Gasteiger partial charge in [0.25, 0.3) is 18.2 Å². The van der Waals surface area contributed by atoms with E-state index < -0.39 is 177 Å². The summed E-state index contributed by atoms with van der Waals surface area (Å²) in [6.07, 6.45) is -12.9. The number of β-amino-alcohol motifs (C(OH)–C–C–N with tert-alkyl or cyclic N) is 1. The fraction of sp³-hybridized carbons (Fsp3) is 0.483. The van der Waals surface area contributed by atoms with E-state index >= 15 is 0 Å². The number of anilines is 1. The van der Waals surface area contributed by atoms with Crippen LogP contribution in [0.4, 0.5) is 5.69 Å². The van der Waals surface area contributed by atoms with Gasteiger partial charge in [-0.2, -0.15) is 5.10 Å². The van der Waals surface area contributed by atoms with Gasteiger partial charge in [0.2, 0.25) is 46.9 Å². The van der Waals surface area contributed by atoms with Crippen molar-refractivity contribution in [3.8, 4) is 33.3 Å². The van der Waals surface area contributed by atoms with E-state index in [1.54, 1.807) is 22.8 Å². The number of imidazole rings is 1. The van der Waals surface area contributed by atoms with Crippen LogP contribution in [0.15, 0.2) is 72.9 Å². The number of ether oxygens (including phenoxy) is 1. The average Bonchev–Trinajstić information content (AvgIpc) is 1.65. The predicted octanol–water partition coefficient (Wildman–Crippen LogP) is -1.83. The molecule has 0 unspecified atom stereocenters. The molecule has 2 aromatic heterocycles. The molecular formula is C58H70N12O20S2. The van der Waals surface area contributed by atoms with E-state index in [0.29, 0.717) is 16.2 Å². The molecule has 0 aliphatic carbocycles. The minimum Gasteiger partial charge on any atom is -0.504 e. The Morgan fingerprint density at radius 2 is 1.48 bits per heavy atom. The van der Waals surface area contributed by atoms with E-state index in [4.69, 9.17) is 30.8 Å². The minimum absolute atomic E-state index is 0.000665. The van der Waals surface area contributed by atoms with Crippen LogP contribution in [0.25, 0.3) is 31.6 Å². The molecule has 7 amide bonds.